The first-order valence-corrected chi connectivity index (χ1v) is 13.0. The monoisotopic (exact) mass is 584 g/mol. The van der Waals surface area contributed by atoms with E-state index in [4.69, 9.17) is 15.2 Å². The number of carbonyl (C=O) groups excluding carboxylic acids is 1. The number of primary amides is 1. The van der Waals surface area contributed by atoms with E-state index in [1.165, 1.54) is 25.2 Å². The van der Waals surface area contributed by atoms with Gasteiger partial charge >= 0.3 is 6.18 Å². The molecule has 9 nitrogen and oxygen atoms in total. The van der Waals surface area contributed by atoms with Crippen LogP contribution in [0, 0.1) is 0 Å². The number of hydrogen-bond donors (Lipinski definition) is 3. The van der Waals surface area contributed by atoms with Crippen LogP contribution in [0.1, 0.15) is 21.6 Å². The van der Waals surface area contributed by atoms with Crippen molar-refractivity contribution in [3.05, 3.63) is 95.8 Å². The van der Waals surface area contributed by atoms with Gasteiger partial charge in [-0.1, -0.05) is 30.3 Å². The number of rotatable bonds is 13. The number of nitrogens with two attached hydrogens (primary N) is 1. The summed E-state index contributed by atoms with van der Waals surface area (Å²) in [4.78, 5) is 17.4. The van der Waals surface area contributed by atoms with Crippen molar-refractivity contribution in [3.8, 4) is 28.6 Å². The van der Waals surface area contributed by atoms with Crippen molar-refractivity contribution in [3.63, 3.8) is 0 Å². The highest BCUT2D eigenvalue weighted by Gasteiger charge is 2.35. The molecule has 12 heteroatoms. The number of halogens is 3. The van der Waals surface area contributed by atoms with Crippen LogP contribution in [0.5, 0.6) is 17.2 Å². The van der Waals surface area contributed by atoms with Crippen LogP contribution in [0.25, 0.3) is 11.4 Å². The molecular formula is C30H31F3N4O5. The third-order valence-corrected chi connectivity index (χ3v) is 6.46. The minimum atomic E-state index is -4.50. The Balaban J connectivity index is 1.34. The van der Waals surface area contributed by atoms with Crippen LogP contribution in [0.15, 0.2) is 79.0 Å². The van der Waals surface area contributed by atoms with Crippen LogP contribution < -0.4 is 15.2 Å². The maximum Gasteiger partial charge on any atom is 0.433 e. The number of benzene rings is 3. The SMILES string of the molecule is Cn1c(C(F)(F)F)cnc1-c1ccc(OCC(O)CN(CCOc2ccc(O)c(C(N)=O)c2)Cc2ccccc2)cc1. The minimum Gasteiger partial charge on any atom is -0.507 e. The highest BCUT2D eigenvalue weighted by molar-refractivity contribution is 5.95. The van der Waals surface area contributed by atoms with Crippen LogP contribution in [0.4, 0.5) is 13.2 Å². The summed E-state index contributed by atoms with van der Waals surface area (Å²) in [5.41, 5.74) is 5.92. The normalized spacial score (nSPS) is 12.3. The average Bonchev–Trinajstić information content (AvgIpc) is 3.35. The predicted molar refractivity (Wildman–Crippen MR) is 149 cm³/mol. The third-order valence-electron chi connectivity index (χ3n) is 6.46. The number of nitrogens with zero attached hydrogens (tertiary/aromatic N) is 3. The Morgan fingerprint density at radius 1 is 1.05 bits per heavy atom. The second kappa shape index (κ2) is 13.4. The zero-order valence-corrected chi connectivity index (χ0v) is 22.8. The van der Waals surface area contributed by atoms with Crippen molar-refractivity contribution >= 4 is 5.91 Å². The molecule has 0 aliphatic rings. The number of alkyl halides is 3. The number of amides is 1. The van der Waals surface area contributed by atoms with Gasteiger partial charge in [0.2, 0.25) is 0 Å². The largest absolute Gasteiger partial charge is 0.507 e. The molecule has 0 saturated carbocycles. The summed E-state index contributed by atoms with van der Waals surface area (Å²) in [6, 6.07) is 20.4. The molecular weight excluding hydrogens is 553 g/mol. The Morgan fingerprint density at radius 3 is 2.38 bits per heavy atom. The second-order valence-corrected chi connectivity index (χ2v) is 9.63. The summed E-state index contributed by atoms with van der Waals surface area (Å²) in [5, 5.41) is 20.5. The van der Waals surface area contributed by atoms with Crippen LogP contribution in [0.2, 0.25) is 0 Å². The number of aromatic nitrogens is 2. The maximum absolute atomic E-state index is 13.1. The second-order valence-electron chi connectivity index (χ2n) is 9.63. The smallest absolute Gasteiger partial charge is 0.433 e. The Bertz CT molecular complexity index is 1480. The lowest BCUT2D eigenvalue weighted by atomic mass is 10.2. The van der Waals surface area contributed by atoms with Gasteiger partial charge in [0.15, 0.2) is 0 Å². The summed E-state index contributed by atoms with van der Waals surface area (Å²) in [5.74, 6) is -0.0163. The predicted octanol–water partition coefficient (Wildman–Crippen LogP) is 4.23. The van der Waals surface area contributed by atoms with E-state index in [1.807, 2.05) is 35.2 Å². The van der Waals surface area contributed by atoms with Crippen molar-refractivity contribution in [1.82, 2.24) is 14.5 Å². The van der Waals surface area contributed by atoms with E-state index < -0.39 is 23.9 Å². The first-order valence-electron chi connectivity index (χ1n) is 13.0. The minimum absolute atomic E-state index is 0.0218. The molecule has 0 radical (unpaired) electrons. The highest BCUT2D eigenvalue weighted by Crippen LogP contribution is 2.32. The topological polar surface area (TPSA) is 123 Å². The quantitative estimate of drug-likeness (QED) is 0.215. The van der Waals surface area contributed by atoms with E-state index in [0.29, 0.717) is 30.2 Å². The lowest BCUT2D eigenvalue weighted by Gasteiger charge is -2.25. The number of aromatic hydroxyl groups is 1. The molecule has 0 saturated heterocycles. The summed E-state index contributed by atoms with van der Waals surface area (Å²) < 4.78 is 51.8. The molecule has 4 rings (SSSR count). The van der Waals surface area contributed by atoms with Crippen LogP contribution >= 0.6 is 0 Å². The molecule has 4 N–H and O–H groups in total. The number of ether oxygens (including phenoxy) is 2. The van der Waals surface area contributed by atoms with E-state index >= 15 is 0 Å². The van der Waals surface area contributed by atoms with Gasteiger partial charge in [0.1, 0.15) is 48.1 Å². The van der Waals surface area contributed by atoms with Gasteiger partial charge in [-0.25, -0.2) is 4.98 Å². The molecule has 1 aromatic heterocycles. The number of carbonyl (C=O) groups is 1. The van der Waals surface area contributed by atoms with Gasteiger partial charge in [0.25, 0.3) is 5.91 Å². The van der Waals surface area contributed by atoms with E-state index in [2.05, 4.69) is 4.98 Å². The molecule has 0 fully saturated rings. The lowest BCUT2D eigenvalue weighted by Crippen LogP contribution is -2.37. The molecule has 3 aromatic carbocycles. The summed E-state index contributed by atoms with van der Waals surface area (Å²) >= 11 is 0. The number of aliphatic hydroxyl groups excluding tert-OH is 1. The molecule has 42 heavy (non-hydrogen) atoms. The van der Waals surface area contributed by atoms with E-state index in [9.17, 15) is 28.2 Å². The van der Waals surface area contributed by atoms with Gasteiger partial charge in [-0.3, -0.25) is 9.69 Å². The summed E-state index contributed by atoms with van der Waals surface area (Å²) in [6.45, 7) is 1.42. The molecule has 222 valence electrons. The molecule has 1 unspecified atom stereocenters. The van der Waals surface area contributed by atoms with E-state index in [-0.39, 0.29) is 36.9 Å². The van der Waals surface area contributed by atoms with Gasteiger partial charge in [-0.05, 0) is 48.0 Å². The number of hydrogen-bond acceptors (Lipinski definition) is 7. The zero-order chi connectivity index (χ0) is 30.3. The van der Waals surface area contributed by atoms with E-state index in [0.717, 1.165) is 16.3 Å². The molecule has 0 bridgehead atoms. The Morgan fingerprint density at radius 2 is 1.74 bits per heavy atom. The molecule has 0 spiro atoms. The summed E-state index contributed by atoms with van der Waals surface area (Å²) in [7, 11) is 1.31. The summed E-state index contributed by atoms with van der Waals surface area (Å²) in [6.07, 6.45) is -4.57. The van der Waals surface area contributed by atoms with Gasteiger partial charge < -0.3 is 30.0 Å². The van der Waals surface area contributed by atoms with Crippen molar-refractivity contribution < 1.29 is 37.7 Å². The standard InChI is InChI=1S/C30H31F3N4O5/c1-36-27(30(31,32)33)16-35-29(36)21-7-9-23(10-8-21)42-19-22(38)18-37(17-20-5-3-2-4-6-20)13-14-41-24-11-12-26(39)25(15-24)28(34)40/h2-12,15-16,22,38-39H,13-14,17-19H2,1H3,(H2,34,40). The Kier molecular flexibility index (Phi) is 9.71. The van der Waals surface area contributed by atoms with Gasteiger partial charge in [-0.15, -0.1) is 0 Å². The number of imidazole rings is 1. The van der Waals surface area contributed by atoms with Gasteiger partial charge in [-0.2, -0.15) is 13.2 Å². The highest BCUT2D eigenvalue weighted by atomic mass is 19.4. The molecule has 0 aliphatic carbocycles. The fourth-order valence-corrected chi connectivity index (χ4v) is 4.36. The molecule has 0 aliphatic heterocycles. The Hall–Kier alpha value is -4.55. The third kappa shape index (κ3) is 8.02. The van der Waals surface area contributed by atoms with Gasteiger partial charge in [0.05, 0.1) is 11.8 Å². The van der Waals surface area contributed by atoms with Crippen LogP contribution in [-0.4, -0.2) is 63.0 Å². The van der Waals surface area contributed by atoms with Crippen molar-refractivity contribution in [2.24, 2.45) is 12.8 Å². The van der Waals surface area contributed by atoms with Crippen molar-refractivity contribution in [2.45, 2.75) is 18.8 Å². The molecule has 1 heterocycles. The maximum atomic E-state index is 13.1. The van der Waals surface area contributed by atoms with Crippen molar-refractivity contribution in [2.75, 3.05) is 26.3 Å². The first kappa shape index (κ1) is 30.4. The first-order chi connectivity index (χ1) is 20.0. The number of aliphatic hydroxyl groups is 1. The van der Waals surface area contributed by atoms with E-state index in [1.54, 1.807) is 24.3 Å². The van der Waals surface area contributed by atoms with Crippen LogP contribution in [-0.2, 0) is 19.8 Å². The molecule has 1 atom stereocenters. The average molecular weight is 585 g/mol. The fourth-order valence-electron chi connectivity index (χ4n) is 4.36. The fraction of sp³-hybridized carbons (Fsp3) is 0.267. The van der Waals surface area contributed by atoms with Crippen molar-refractivity contribution in [1.29, 1.82) is 0 Å². The molecule has 1 amide bonds. The molecule has 4 aromatic rings. The number of phenols is 1. The zero-order valence-electron chi connectivity index (χ0n) is 22.8. The Labute approximate surface area is 240 Å². The van der Waals surface area contributed by atoms with Crippen LogP contribution in [0.3, 0.4) is 0 Å². The van der Waals surface area contributed by atoms with Gasteiger partial charge in [0, 0.05) is 32.2 Å². The lowest BCUT2D eigenvalue weighted by molar-refractivity contribution is -0.143.